The van der Waals surface area contributed by atoms with Gasteiger partial charge in [0.1, 0.15) is 0 Å². The zero-order valence-electron chi connectivity index (χ0n) is 15.2. The van der Waals surface area contributed by atoms with Gasteiger partial charge in [0, 0.05) is 0 Å². The first-order valence-corrected chi connectivity index (χ1v) is 10.9. The normalized spacial score (nSPS) is 21.8. The van der Waals surface area contributed by atoms with Gasteiger partial charge in [0.25, 0.3) is 10.1 Å². The third-order valence-corrected chi connectivity index (χ3v) is 6.58. The molecule has 1 aliphatic carbocycles. The Morgan fingerprint density at radius 2 is 1.54 bits per heavy atom. The smallest absolute Gasteiger partial charge is 0.266 e. The largest absolute Gasteiger partial charge is 0.296 e. The van der Waals surface area contributed by atoms with E-state index in [9.17, 15) is 8.42 Å². The molecule has 2 rings (SSSR count). The quantitative estimate of drug-likeness (QED) is 0.437. The first-order chi connectivity index (χ1) is 11.5. The summed E-state index contributed by atoms with van der Waals surface area (Å²) in [7, 11) is -3.60. The molecule has 1 aromatic carbocycles. The summed E-state index contributed by atoms with van der Waals surface area (Å²) >= 11 is 0. The second-order valence-corrected chi connectivity index (χ2v) is 8.88. The molecule has 0 heterocycles. The van der Waals surface area contributed by atoms with E-state index < -0.39 is 10.1 Å². The molecular weight excluding hydrogens is 320 g/mol. The Balaban J connectivity index is 1.68. The summed E-state index contributed by atoms with van der Waals surface area (Å²) in [6, 6.07) is 6.84. The lowest BCUT2D eigenvalue weighted by molar-refractivity contribution is 0.213. The summed E-state index contributed by atoms with van der Waals surface area (Å²) in [6.07, 6.45) is 11.3. The van der Waals surface area contributed by atoms with Crippen molar-refractivity contribution in [2.24, 2.45) is 11.8 Å². The molecule has 0 N–H and O–H groups in total. The number of aryl methyl sites for hydroxylation is 1. The first kappa shape index (κ1) is 19.5. The van der Waals surface area contributed by atoms with Crippen molar-refractivity contribution < 1.29 is 12.6 Å². The monoisotopic (exact) mass is 352 g/mol. The molecule has 3 nitrogen and oxygen atoms in total. The van der Waals surface area contributed by atoms with E-state index in [4.69, 9.17) is 4.18 Å². The van der Waals surface area contributed by atoms with Crippen LogP contribution in [0.2, 0.25) is 0 Å². The molecule has 0 unspecified atom stereocenters. The first-order valence-electron chi connectivity index (χ1n) is 9.47. The minimum Gasteiger partial charge on any atom is -0.266 e. The van der Waals surface area contributed by atoms with Crippen molar-refractivity contribution in [1.82, 2.24) is 0 Å². The molecule has 0 aliphatic heterocycles. The van der Waals surface area contributed by atoms with Gasteiger partial charge in [-0.1, -0.05) is 76.0 Å². The molecule has 4 heteroatoms. The van der Waals surface area contributed by atoms with Crippen LogP contribution in [-0.2, 0) is 14.3 Å². The Labute approximate surface area is 147 Å². The predicted octanol–water partition coefficient (Wildman–Crippen LogP) is 5.48. The van der Waals surface area contributed by atoms with Gasteiger partial charge in [-0.3, -0.25) is 4.18 Å². The Kier molecular flexibility index (Phi) is 7.76. The van der Waals surface area contributed by atoms with Crippen LogP contribution in [0, 0.1) is 18.8 Å². The molecule has 1 aromatic rings. The summed E-state index contributed by atoms with van der Waals surface area (Å²) in [6.45, 7) is 4.50. The molecule has 0 radical (unpaired) electrons. The number of benzene rings is 1. The van der Waals surface area contributed by atoms with Gasteiger partial charge in [0.05, 0.1) is 11.5 Å². The van der Waals surface area contributed by atoms with Crippen molar-refractivity contribution in [3.8, 4) is 0 Å². The summed E-state index contributed by atoms with van der Waals surface area (Å²) < 4.78 is 29.6. The summed E-state index contributed by atoms with van der Waals surface area (Å²) in [4.78, 5) is 0.257. The van der Waals surface area contributed by atoms with Gasteiger partial charge in [-0.05, 0) is 37.3 Å². The standard InChI is InChI=1S/C20H32O3S/c1-3-4-5-6-18-9-11-19(12-10-18)15-16-23-24(21,22)20-13-7-17(2)8-14-20/h7-8,13-14,18-19H,3-6,9-12,15-16H2,1-2H3. The van der Waals surface area contributed by atoms with Gasteiger partial charge >= 0.3 is 0 Å². The Morgan fingerprint density at radius 3 is 2.12 bits per heavy atom. The summed E-state index contributed by atoms with van der Waals surface area (Å²) in [5.74, 6) is 1.52. The highest BCUT2D eigenvalue weighted by Gasteiger charge is 2.22. The second-order valence-electron chi connectivity index (χ2n) is 7.26. The van der Waals surface area contributed by atoms with Crippen LogP contribution < -0.4 is 0 Å². The van der Waals surface area contributed by atoms with E-state index in [1.807, 2.05) is 6.92 Å². The molecule has 1 fully saturated rings. The molecular formula is C20H32O3S. The van der Waals surface area contributed by atoms with Gasteiger partial charge in [-0.2, -0.15) is 8.42 Å². The Hall–Kier alpha value is -0.870. The van der Waals surface area contributed by atoms with Gasteiger partial charge < -0.3 is 0 Å². The van der Waals surface area contributed by atoms with Crippen LogP contribution in [-0.4, -0.2) is 15.0 Å². The molecule has 24 heavy (non-hydrogen) atoms. The van der Waals surface area contributed by atoms with Crippen LogP contribution in [0.1, 0.15) is 70.3 Å². The lowest BCUT2D eigenvalue weighted by Crippen LogP contribution is -2.17. The van der Waals surface area contributed by atoms with Crippen LogP contribution >= 0.6 is 0 Å². The minimum absolute atomic E-state index is 0.257. The Morgan fingerprint density at radius 1 is 0.958 bits per heavy atom. The highest BCUT2D eigenvalue weighted by atomic mass is 32.2. The van der Waals surface area contributed by atoms with E-state index in [1.54, 1.807) is 24.3 Å². The van der Waals surface area contributed by atoms with E-state index in [1.165, 1.54) is 51.4 Å². The highest BCUT2D eigenvalue weighted by Crippen LogP contribution is 2.33. The summed E-state index contributed by atoms with van der Waals surface area (Å²) in [5, 5.41) is 0. The maximum absolute atomic E-state index is 12.2. The number of unbranched alkanes of at least 4 members (excludes halogenated alkanes) is 2. The molecule has 136 valence electrons. The van der Waals surface area contributed by atoms with Crippen molar-refractivity contribution >= 4 is 10.1 Å². The zero-order chi connectivity index (χ0) is 17.4. The van der Waals surface area contributed by atoms with Gasteiger partial charge in [0.2, 0.25) is 0 Å². The van der Waals surface area contributed by atoms with Gasteiger partial charge in [-0.15, -0.1) is 0 Å². The van der Waals surface area contributed by atoms with Gasteiger partial charge in [0.15, 0.2) is 0 Å². The number of hydrogen-bond donors (Lipinski definition) is 0. The second kappa shape index (κ2) is 9.57. The van der Waals surface area contributed by atoms with Crippen LogP contribution in [0.25, 0.3) is 0 Å². The average molecular weight is 353 g/mol. The molecule has 0 spiro atoms. The van der Waals surface area contributed by atoms with E-state index in [0.29, 0.717) is 12.5 Å². The van der Waals surface area contributed by atoms with Crippen molar-refractivity contribution in [3.63, 3.8) is 0 Å². The third kappa shape index (κ3) is 6.21. The van der Waals surface area contributed by atoms with Crippen molar-refractivity contribution in [2.75, 3.05) is 6.61 Å². The summed E-state index contributed by atoms with van der Waals surface area (Å²) in [5.41, 5.74) is 1.05. The van der Waals surface area contributed by atoms with Crippen LogP contribution in [0.3, 0.4) is 0 Å². The average Bonchev–Trinajstić information content (AvgIpc) is 2.57. The fraction of sp³-hybridized carbons (Fsp3) is 0.700. The fourth-order valence-electron chi connectivity index (χ4n) is 3.59. The fourth-order valence-corrected chi connectivity index (χ4v) is 4.51. The van der Waals surface area contributed by atoms with E-state index in [0.717, 1.165) is 17.9 Å². The zero-order valence-corrected chi connectivity index (χ0v) is 16.0. The van der Waals surface area contributed by atoms with Crippen LogP contribution in [0.5, 0.6) is 0 Å². The molecule has 0 amide bonds. The van der Waals surface area contributed by atoms with Crippen LogP contribution in [0.15, 0.2) is 29.2 Å². The maximum atomic E-state index is 12.2. The van der Waals surface area contributed by atoms with E-state index in [2.05, 4.69) is 6.92 Å². The van der Waals surface area contributed by atoms with Crippen molar-refractivity contribution in [3.05, 3.63) is 29.8 Å². The topological polar surface area (TPSA) is 43.4 Å². The van der Waals surface area contributed by atoms with E-state index in [-0.39, 0.29) is 4.90 Å². The predicted molar refractivity (Wildman–Crippen MR) is 98.5 cm³/mol. The molecule has 1 aliphatic rings. The number of hydrogen-bond acceptors (Lipinski definition) is 3. The SMILES string of the molecule is CCCCCC1CCC(CCOS(=O)(=O)c2ccc(C)cc2)CC1. The maximum Gasteiger partial charge on any atom is 0.296 e. The highest BCUT2D eigenvalue weighted by molar-refractivity contribution is 7.86. The molecule has 0 aromatic heterocycles. The Bertz CT molecular complexity index is 569. The van der Waals surface area contributed by atoms with E-state index >= 15 is 0 Å². The molecule has 0 saturated heterocycles. The van der Waals surface area contributed by atoms with Gasteiger partial charge in [-0.25, -0.2) is 0 Å². The number of rotatable bonds is 9. The molecule has 0 bridgehead atoms. The van der Waals surface area contributed by atoms with Crippen LogP contribution in [0.4, 0.5) is 0 Å². The molecule has 0 atom stereocenters. The van der Waals surface area contributed by atoms with Crippen molar-refractivity contribution in [1.29, 1.82) is 0 Å². The minimum atomic E-state index is -3.60. The third-order valence-electron chi connectivity index (χ3n) is 5.26. The lowest BCUT2D eigenvalue weighted by Gasteiger charge is -2.28. The lowest BCUT2D eigenvalue weighted by atomic mass is 9.79. The van der Waals surface area contributed by atoms with Crippen molar-refractivity contribution in [2.45, 2.75) is 76.5 Å². The molecule has 1 saturated carbocycles.